The lowest BCUT2D eigenvalue weighted by molar-refractivity contribution is -0.161. The maximum Gasteiger partial charge on any atom is 0.340 e. The van der Waals surface area contributed by atoms with Crippen molar-refractivity contribution in [1.29, 1.82) is 0 Å². The van der Waals surface area contributed by atoms with Crippen molar-refractivity contribution in [2.24, 2.45) is 16.7 Å². The van der Waals surface area contributed by atoms with Crippen molar-refractivity contribution in [2.45, 2.75) is 64.8 Å². The van der Waals surface area contributed by atoms with Gasteiger partial charge in [0.2, 0.25) is 5.78 Å². The second-order valence-electron chi connectivity index (χ2n) is 12.1. The highest BCUT2D eigenvalue weighted by molar-refractivity contribution is 6.13. The summed E-state index contributed by atoms with van der Waals surface area (Å²) in [5, 5.41) is 22.5. The third-order valence-electron chi connectivity index (χ3n) is 9.12. The van der Waals surface area contributed by atoms with Gasteiger partial charge in [0, 0.05) is 50.4 Å². The zero-order chi connectivity index (χ0) is 28.9. The zero-order valence-electron chi connectivity index (χ0n) is 24.1. The molecule has 1 saturated heterocycles. The van der Waals surface area contributed by atoms with Crippen LogP contribution in [0.4, 0.5) is 0 Å². The highest BCUT2D eigenvalue weighted by Crippen LogP contribution is 2.63. The molecule has 10 nitrogen and oxygen atoms in total. The number of ketones is 1. The number of cyclic esters (lactones) is 1. The third-order valence-corrected chi connectivity index (χ3v) is 9.12. The molecule has 3 aliphatic carbocycles. The summed E-state index contributed by atoms with van der Waals surface area (Å²) in [4.78, 5) is 43.6. The number of carbonyl (C=O) groups is 3. The summed E-state index contributed by atoms with van der Waals surface area (Å²) in [6.45, 7) is 6.53. The van der Waals surface area contributed by atoms with Gasteiger partial charge in [0.25, 0.3) is 0 Å². The number of fused-ring (bicyclic) bond motifs is 4. The molecular weight excluding hydrogens is 504 g/mol. The fourth-order valence-electron chi connectivity index (χ4n) is 7.19. The van der Waals surface area contributed by atoms with E-state index in [1.807, 2.05) is 39.9 Å². The van der Waals surface area contributed by atoms with Crippen LogP contribution in [0.15, 0.2) is 34.3 Å². The number of esters is 2. The molecular formula is C29H42N2O8. The number of aliphatic hydroxyl groups is 2. The lowest BCUT2D eigenvalue weighted by Gasteiger charge is -2.54. The van der Waals surface area contributed by atoms with Crippen molar-refractivity contribution >= 4 is 17.7 Å². The summed E-state index contributed by atoms with van der Waals surface area (Å²) in [6.07, 6.45) is 1.40. The van der Waals surface area contributed by atoms with Gasteiger partial charge in [-0.05, 0) is 64.7 Å². The fourth-order valence-corrected chi connectivity index (χ4v) is 7.19. The predicted molar refractivity (Wildman–Crippen MR) is 142 cm³/mol. The van der Waals surface area contributed by atoms with Crippen LogP contribution in [-0.2, 0) is 28.6 Å². The number of aliphatic hydroxyl groups excluding tert-OH is 2. The van der Waals surface area contributed by atoms with Gasteiger partial charge in [0.1, 0.15) is 12.2 Å². The number of Topliss-reactive ketones (excluding diaryl/α,β-unsaturated/α-hetero) is 1. The van der Waals surface area contributed by atoms with Crippen molar-refractivity contribution in [2.75, 3.05) is 47.9 Å². The monoisotopic (exact) mass is 546 g/mol. The van der Waals surface area contributed by atoms with Gasteiger partial charge in [-0.1, -0.05) is 6.92 Å². The van der Waals surface area contributed by atoms with E-state index < -0.39 is 52.6 Å². The Morgan fingerprint density at radius 2 is 1.87 bits per heavy atom. The van der Waals surface area contributed by atoms with Gasteiger partial charge in [0.05, 0.1) is 23.7 Å². The quantitative estimate of drug-likeness (QED) is 0.345. The summed E-state index contributed by atoms with van der Waals surface area (Å²) in [7, 11) is 7.29. The first kappa shape index (κ1) is 29.3. The molecule has 216 valence electrons. The molecule has 0 spiro atoms. The number of hydrogen-bond acceptors (Lipinski definition) is 10. The zero-order valence-corrected chi connectivity index (χ0v) is 24.1. The Balaban J connectivity index is 1.91. The first-order chi connectivity index (χ1) is 18.3. The van der Waals surface area contributed by atoms with E-state index >= 15 is 0 Å². The van der Waals surface area contributed by atoms with Crippen molar-refractivity contribution in [3.8, 4) is 0 Å². The highest BCUT2D eigenvalue weighted by atomic mass is 16.6. The smallest absolute Gasteiger partial charge is 0.340 e. The molecule has 1 aliphatic heterocycles. The molecule has 0 aromatic rings. The van der Waals surface area contributed by atoms with E-state index in [0.717, 1.165) is 13.0 Å². The summed E-state index contributed by atoms with van der Waals surface area (Å²) in [6, 6.07) is 0. The third kappa shape index (κ3) is 4.80. The van der Waals surface area contributed by atoms with Crippen LogP contribution in [0, 0.1) is 16.7 Å². The van der Waals surface area contributed by atoms with Crippen LogP contribution < -0.4 is 0 Å². The van der Waals surface area contributed by atoms with Gasteiger partial charge in [-0.15, -0.1) is 0 Å². The Hall–Kier alpha value is -2.69. The van der Waals surface area contributed by atoms with Gasteiger partial charge in [0.15, 0.2) is 5.76 Å². The Morgan fingerprint density at radius 1 is 1.18 bits per heavy atom. The van der Waals surface area contributed by atoms with Crippen LogP contribution in [-0.4, -0.2) is 104 Å². The normalized spacial score (nSPS) is 35.2. The first-order valence-electron chi connectivity index (χ1n) is 13.6. The lowest BCUT2D eigenvalue weighted by atomic mass is 9.53. The minimum absolute atomic E-state index is 0.00724. The maximum absolute atomic E-state index is 14.0. The van der Waals surface area contributed by atoms with Gasteiger partial charge in [-0.3, -0.25) is 9.59 Å². The van der Waals surface area contributed by atoms with Gasteiger partial charge >= 0.3 is 11.9 Å². The summed E-state index contributed by atoms with van der Waals surface area (Å²) >= 11 is 0. The number of allylic oxidation sites excluding steroid dienone is 1. The standard InChI is InChI=1S/C29H42N2O8/c1-16(32)38-19-13-28(2)18(9-10-20(28)33)22-24(19)29(3)21(15-37-7)39-27(36)17(23(29)26(35)25(22)34)14-31(6)12-8-11-30(4)5/h14,18-21,33,35H,8-13,15H2,1-7H3/b17-14-/t18-,19+,20-,21+,28-,29-/m0/s1. The van der Waals surface area contributed by atoms with Crippen LogP contribution in [0.5, 0.6) is 0 Å². The van der Waals surface area contributed by atoms with Crippen molar-refractivity contribution in [3.05, 3.63) is 34.3 Å². The number of carbonyl (C=O) groups excluding carboxylic acids is 3. The topological polar surface area (TPSA) is 126 Å². The molecule has 2 fully saturated rings. The lowest BCUT2D eigenvalue weighted by Crippen LogP contribution is -2.57. The van der Waals surface area contributed by atoms with Crippen LogP contribution in [0.1, 0.15) is 46.5 Å². The van der Waals surface area contributed by atoms with Crippen LogP contribution in [0.25, 0.3) is 0 Å². The molecule has 2 N–H and O–H groups in total. The molecule has 0 bridgehead atoms. The minimum Gasteiger partial charge on any atom is -0.504 e. The minimum atomic E-state index is -1.21. The van der Waals surface area contributed by atoms with Crippen LogP contribution in [0.3, 0.4) is 0 Å². The van der Waals surface area contributed by atoms with Gasteiger partial charge in [-0.25, -0.2) is 4.79 Å². The van der Waals surface area contributed by atoms with E-state index in [1.165, 1.54) is 14.0 Å². The number of rotatable bonds is 8. The molecule has 0 radical (unpaired) electrons. The Bertz CT molecular complexity index is 1140. The van der Waals surface area contributed by atoms with E-state index in [2.05, 4.69) is 4.90 Å². The number of nitrogens with zero attached hydrogens (tertiary/aromatic N) is 2. The number of ether oxygens (including phenoxy) is 3. The molecule has 39 heavy (non-hydrogen) atoms. The number of hydrogen-bond donors (Lipinski definition) is 2. The van der Waals surface area contributed by atoms with Gasteiger partial charge in [-0.2, -0.15) is 0 Å². The average Bonchev–Trinajstić information content (AvgIpc) is 3.13. The van der Waals surface area contributed by atoms with E-state index in [0.29, 0.717) is 37.0 Å². The van der Waals surface area contributed by atoms with E-state index in [9.17, 15) is 24.6 Å². The second kappa shape index (κ2) is 10.7. The van der Waals surface area contributed by atoms with Crippen molar-refractivity contribution in [1.82, 2.24) is 9.80 Å². The van der Waals surface area contributed by atoms with E-state index in [-0.39, 0.29) is 23.7 Å². The van der Waals surface area contributed by atoms with Crippen LogP contribution in [0.2, 0.25) is 0 Å². The Morgan fingerprint density at radius 3 is 2.49 bits per heavy atom. The predicted octanol–water partition coefficient (Wildman–Crippen LogP) is 2.14. The molecule has 6 atom stereocenters. The Labute approximate surface area is 230 Å². The average molecular weight is 547 g/mol. The number of methoxy groups -OCH3 is 1. The molecule has 10 heteroatoms. The molecule has 0 aromatic heterocycles. The molecule has 1 saturated carbocycles. The molecule has 1 heterocycles. The van der Waals surface area contributed by atoms with Crippen molar-refractivity contribution in [3.63, 3.8) is 0 Å². The summed E-state index contributed by atoms with van der Waals surface area (Å²) in [5.41, 5.74) is -0.770. The maximum atomic E-state index is 14.0. The van der Waals surface area contributed by atoms with E-state index in [4.69, 9.17) is 14.2 Å². The first-order valence-corrected chi connectivity index (χ1v) is 13.6. The molecule has 0 amide bonds. The molecule has 0 aromatic carbocycles. The second-order valence-corrected chi connectivity index (χ2v) is 12.1. The van der Waals surface area contributed by atoms with Gasteiger partial charge < -0.3 is 34.2 Å². The SMILES string of the molecule is COC[C@H]1OC(=O)/C(=C\N(C)CCCN(C)C)C2=C(O)C(=O)C3=C([C@H](OC(C)=O)C[C@]4(C)[C@@H](O)CC[C@@H]34)[C@]21C. The van der Waals surface area contributed by atoms with Crippen LogP contribution >= 0.6 is 0 Å². The highest BCUT2D eigenvalue weighted by Gasteiger charge is 2.64. The Kier molecular flexibility index (Phi) is 8.04. The largest absolute Gasteiger partial charge is 0.504 e. The fraction of sp³-hybridized carbons (Fsp3) is 0.690. The summed E-state index contributed by atoms with van der Waals surface area (Å²) in [5.74, 6) is -2.62. The molecule has 4 aliphatic rings. The summed E-state index contributed by atoms with van der Waals surface area (Å²) < 4.78 is 17.2. The van der Waals surface area contributed by atoms with Crippen molar-refractivity contribution < 1.29 is 38.8 Å². The molecule has 4 rings (SSSR count). The van der Waals surface area contributed by atoms with E-state index in [1.54, 1.807) is 6.20 Å². The molecule has 0 unspecified atom stereocenters.